The van der Waals surface area contributed by atoms with Crippen LogP contribution in [-0.2, 0) is 9.59 Å². The minimum atomic E-state index is -0.375. The fourth-order valence-electron chi connectivity index (χ4n) is 3.63. The van der Waals surface area contributed by atoms with Crippen LogP contribution in [-0.4, -0.2) is 55.1 Å². The number of anilines is 2. The van der Waals surface area contributed by atoms with Crippen molar-refractivity contribution in [3.8, 4) is 0 Å². The van der Waals surface area contributed by atoms with Crippen LogP contribution in [0, 0.1) is 0 Å². The maximum Gasteiger partial charge on any atom is 0.282 e. The van der Waals surface area contributed by atoms with Crippen LogP contribution in [0.5, 0.6) is 0 Å². The van der Waals surface area contributed by atoms with E-state index in [-0.39, 0.29) is 25.0 Å². The second-order valence-corrected chi connectivity index (χ2v) is 6.87. The molecule has 6 heteroatoms. The summed E-state index contributed by atoms with van der Waals surface area (Å²) in [6, 6.07) is 16.7. The summed E-state index contributed by atoms with van der Waals surface area (Å²) in [6.07, 6.45) is 0. The van der Waals surface area contributed by atoms with Crippen molar-refractivity contribution in [2.24, 2.45) is 0 Å². The molecule has 1 aliphatic heterocycles. The summed E-state index contributed by atoms with van der Waals surface area (Å²) in [5.74, 6) is -0.725. The van der Waals surface area contributed by atoms with Crippen molar-refractivity contribution in [2.45, 2.75) is 13.8 Å². The van der Waals surface area contributed by atoms with E-state index in [0.29, 0.717) is 22.5 Å². The van der Waals surface area contributed by atoms with E-state index >= 15 is 0 Å². The van der Waals surface area contributed by atoms with Gasteiger partial charge in [0.05, 0.1) is 17.9 Å². The molecule has 0 saturated heterocycles. The molecule has 0 spiro atoms. The zero-order chi connectivity index (χ0) is 21.0. The normalized spacial score (nSPS) is 14.0. The second-order valence-electron chi connectivity index (χ2n) is 6.87. The van der Waals surface area contributed by atoms with Crippen molar-refractivity contribution in [1.29, 1.82) is 0 Å². The molecule has 1 aliphatic rings. The largest absolute Gasteiger partial charge is 0.395 e. The molecule has 0 aliphatic carbocycles. The number of likely N-dealkylation sites (N-methyl/N-ethyl adjacent to an activating group) is 1. The van der Waals surface area contributed by atoms with Gasteiger partial charge in [-0.2, -0.15) is 0 Å². The van der Waals surface area contributed by atoms with Crippen molar-refractivity contribution in [2.75, 3.05) is 43.1 Å². The highest BCUT2D eigenvalue weighted by molar-refractivity contribution is 6.45. The van der Waals surface area contributed by atoms with Gasteiger partial charge in [0.2, 0.25) is 0 Å². The van der Waals surface area contributed by atoms with Crippen molar-refractivity contribution in [3.63, 3.8) is 0 Å². The lowest BCUT2D eigenvalue weighted by Crippen LogP contribution is -2.35. The molecule has 0 fully saturated rings. The summed E-state index contributed by atoms with van der Waals surface area (Å²) in [6.45, 7) is 6.09. The molecule has 2 amide bonds. The Balaban J connectivity index is 2.01. The molecule has 0 bridgehead atoms. The molecule has 0 saturated carbocycles. The molecular weight excluding hydrogens is 366 g/mol. The predicted octanol–water partition coefficient (Wildman–Crippen LogP) is 2.74. The van der Waals surface area contributed by atoms with Gasteiger partial charge in [-0.05, 0) is 43.7 Å². The van der Waals surface area contributed by atoms with Crippen molar-refractivity contribution in [1.82, 2.24) is 4.90 Å². The Kier molecular flexibility index (Phi) is 6.34. The number of aliphatic hydroxyl groups is 1. The maximum absolute atomic E-state index is 13.3. The van der Waals surface area contributed by atoms with Gasteiger partial charge in [-0.25, -0.2) is 4.90 Å². The Morgan fingerprint density at radius 1 is 0.897 bits per heavy atom. The van der Waals surface area contributed by atoms with Gasteiger partial charge >= 0.3 is 0 Å². The van der Waals surface area contributed by atoms with E-state index in [9.17, 15) is 14.7 Å². The molecule has 0 unspecified atom stereocenters. The first-order chi connectivity index (χ1) is 14.0. The lowest BCUT2D eigenvalue weighted by atomic mass is 10.0. The zero-order valence-corrected chi connectivity index (χ0v) is 17.1. The summed E-state index contributed by atoms with van der Waals surface area (Å²) in [5.41, 5.74) is 2.94. The molecule has 2 aromatic carbocycles. The molecule has 3 rings (SSSR count). The van der Waals surface area contributed by atoms with Crippen LogP contribution < -0.4 is 9.80 Å². The average molecular weight is 393 g/mol. The molecule has 1 N–H and O–H groups in total. The number of aliphatic hydroxyl groups excluding tert-OH is 1. The zero-order valence-electron chi connectivity index (χ0n) is 17.1. The smallest absolute Gasteiger partial charge is 0.282 e. The van der Waals surface area contributed by atoms with Crippen LogP contribution in [0.15, 0.2) is 60.3 Å². The highest BCUT2D eigenvalue weighted by Gasteiger charge is 2.41. The summed E-state index contributed by atoms with van der Waals surface area (Å²) in [4.78, 5) is 31.6. The van der Waals surface area contributed by atoms with E-state index in [1.165, 1.54) is 4.90 Å². The van der Waals surface area contributed by atoms with Crippen LogP contribution in [0.25, 0.3) is 5.57 Å². The van der Waals surface area contributed by atoms with Gasteiger partial charge in [-0.3, -0.25) is 9.59 Å². The van der Waals surface area contributed by atoms with E-state index in [1.807, 2.05) is 42.5 Å². The first kappa shape index (κ1) is 20.6. The molecule has 152 valence electrons. The molecule has 2 aromatic rings. The molecular formula is C23H27N3O3. The van der Waals surface area contributed by atoms with Crippen LogP contribution in [0.2, 0.25) is 0 Å². The maximum atomic E-state index is 13.3. The Morgan fingerprint density at radius 2 is 1.52 bits per heavy atom. The minimum absolute atomic E-state index is 0.109. The first-order valence-electron chi connectivity index (χ1n) is 9.88. The minimum Gasteiger partial charge on any atom is -0.395 e. The summed E-state index contributed by atoms with van der Waals surface area (Å²) < 4.78 is 0. The predicted molar refractivity (Wildman–Crippen MR) is 116 cm³/mol. The SMILES string of the molecule is CCN(CC)c1ccc(N2C(=O)C(c3ccccc3)=C(N(C)CCO)C2=O)cc1. The Morgan fingerprint density at radius 3 is 2.07 bits per heavy atom. The number of imide groups is 1. The Labute approximate surface area is 171 Å². The fraction of sp³-hybridized carbons (Fsp3) is 0.304. The van der Waals surface area contributed by atoms with Gasteiger partial charge in [-0.15, -0.1) is 0 Å². The van der Waals surface area contributed by atoms with E-state index in [0.717, 1.165) is 18.8 Å². The van der Waals surface area contributed by atoms with Gasteiger partial charge in [0.25, 0.3) is 11.8 Å². The third-order valence-electron chi connectivity index (χ3n) is 5.18. The van der Waals surface area contributed by atoms with E-state index in [2.05, 4.69) is 18.7 Å². The van der Waals surface area contributed by atoms with E-state index in [4.69, 9.17) is 0 Å². The summed E-state index contributed by atoms with van der Waals surface area (Å²) >= 11 is 0. The lowest BCUT2D eigenvalue weighted by molar-refractivity contribution is -0.120. The standard InChI is InChI=1S/C23H27N3O3/c1-4-25(5-2)18-11-13-19(14-12-18)26-22(28)20(17-9-7-6-8-10-17)21(23(26)29)24(3)15-16-27/h6-14,27H,4-5,15-16H2,1-3H3. The number of rotatable bonds is 8. The van der Waals surface area contributed by atoms with Crippen molar-refractivity contribution >= 4 is 28.8 Å². The first-order valence-corrected chi connectivity index (χ1v) is 9.88. The average Bonchev–Trinajstić information content (AvgIpc) is 3.00. The number of hydrogen-bond donors (Lipinski definition) is 1. The van der Waals surface area contributed by atoms with Gasteiger partial charge in [0.15, 0.2) is 0 Å². The Hall–Kier alpha value is -3.12. The molecule has 1 heterocycles. The number of amides is 2. The molecule has 0 aromatic heterocycles. The highest BCUT2D eigenvalue weighted by atomic mass is 16.3. The molecule has 0 atom stereocenters. The highest BCUT2D eigenvalue weighted by Crippen LogP contribution is 2.34. The quantitative estimate of drug-likeness (QED) is 0.699. The molecule has 6 nitrogen and oxygen atoms in total. The molecule has 0 radical (unpaired) electrons. The fourth-order valence-corrected chi connectivity index (χ4v) is 3.63. The topological polar surface area (TPSA) is 64.1 Å². The molecule has 29 heavy (non-hydrogen) atoms. The summed E-state index contributed by atoms with van der Waals surface area (Å²) in [7, 11) is 1.71. The van der Waals surface area contributed by atoms with E-state index in [1.54, 1.807) is 24.1 Å². The van der Waals surface area contributed by atoms with Crippen LogP contribution in [0.3, 0.4) is 0 Å². The van der Waals surface area contributed by atoms with Gasteiger partial charge in [0.1, 0.15) is 5.70 Å². The number of hydrogen-bond acceptors (Lipinski definition) is 5. The number of carbonyl (C=O) groups excluding carboxylic acids is 2. The third-order valence-corrected chi connectivity index (χ3v) is 5.18. The number of benzene rings is 2. The van der Waals surface area contributed by atoms with Crippen LogP contribution in [0.4, 0.5) is 11.4 Å². The third kappa shape index (κ3) is 3.89. The second kappa shape index (κ2) is 8.92. The Bertz CT molecular complexity index is 903. The van der Waals surface area contributed by atoms with Crippen molar-refractivity contribution < 1.29 is 14.7 Å². The van der Waals surface area contributed by atoms with Gasteiger partial charge in [-0.1, -0.05) is 30.3 Å². The number of carbonyl (C=O) groups is 2. The van der Waals surface area contributed by atoms with Gasteiger partial charge in [0, 0.05) is 32.4 Å². The monoisotopic (exact) mass is 393 g/mol. The van der Waals surface area contributed by atoms with E-state index < -0.39 is 0 Å². The summed E-state index contributed by atoms with van der Waals surface area (Å²) in [5, 5.41) is 9.34. The van der Waals surface area contributed by atoms with Gasteiger partial charge < -0.3 is 14.9 Å². The van der Waals surface area contributed by atoms with Crippen LogP contribution >= 0.6 is 0 Å². The number of nitrogens with zero attached hydrogens (tertiary/aromatic N) is 3. The lowest BCUT2D eigenvalue weighted by Gasteiger charge is -2.23. The van der Waals surface area contributed by atoms with Crippen LogP contribution in [0.1, 0.15) is 19.4 Å². The van der Waals surface area contributed by atoms with Crippen molar-refractivity contribution in [3.05, 3.63) is 65.9 Å².